The van der Waals surface area contributed by atoms with E-state index in [1.807, 2.05) is 0 Å². The zero-order valence-corrected chi connectivity index (χ0v) is 7.39. The van der Waals surface area contributed by atoms with E-state index in [0.29, 0.717) is 16.8 Å². The van der Waals surface area contributed by atoms with Gasteiger partial charge in [0.25, 0.3) is 0 Å². The molecule has 68 valence electrons. The van der Waals surface area contributed by atoms with Crippen LogP contribution < -0.4 is 11.5 Å². The first-order valence-electron chi connectivity index (χ1n) is 3.89. The predicted octanol–water partition coefficient (Wildman–Crippen LogP) is 1.03. The van der Waals surface area contributed by atoms with Gasteiger partial charge < -0.3 is 11.5 Å². The van der Waals surface area contributed by atoms with E-state index in [1.165, 1.54) is 12.1 Å². The number of nitrogen functional groups attached to an aromatic ring is 1. The lowest BCUT2D eigenvalue weighted by Crippen LogP contribution is -1.97. The SMILES string of the molecule is Cc1cc(F)cc(C#CCN)c1N. The first-order valence-corrected chi connectivity index (χ1v) is 3.89. The third-order valence-electron chi connectivity index (χ3n) is 1.68. The lowest BCUT2D eigenvalue weighted by molar-refractivity contribution is 0.626. The Morgan fingerprint density at radius 1 is 1.46 bits per heavy atom. The van der Waals surface area contributed by atoms with Gasteiger partial charge in [-0.1, -0.05) is 11.8 Å². The van der Waals surface area contributed by atoms with Crippen LogP contribution in [0.15, 0.2) is 12.1 Å². The smallest absolute Gasteiger partial charge is 0.124 e. The van der Waals surface area contributed by atoms with Gasteiger partial charge in [-0.25, -0.2) is 4.39 Å². The van der Waals surface area contributed by atoms with Crippen LogP contribution in [0.3, 0.4) is 0 Å². The Morgan fingerprint density at radius 2 is 2.15 bits per heavy atom. The molecule has 13 heavy (non-hydrogen) atoms. The molecule has 0 unspecified atom stereocenters. The van der Waals surface area contributed by atoms with Gasteiger partial charge in [0.1, 0.15) is 5.82 Å². The Labute approximate surface area is 76.7 Å². The average molecular weight is 178 g/mol. The van der Waals surface area contributed by atoms with Crippen molar-refractivity contribution in [3.63, 3.8) is 0 Å². The number of hydrogen-bond donors (Lipinski definition) is 2. The molecule has 1 rings (SSSR count). The highest BCUT2D eigenvalue weighted by Crippen LogP contribution is 2.17. The van der Waals surface area contributed by atoms with Crippen LogP contribution in [0.4, 0.5) is 10.1 Å². The van der Waals surface area contributed by atoms with Crippen molar-refractivity contribution in [3.8, 4) is 11.8 Å². The van der Waals surface area contributed by atoms with E-state index >= 15 is 0 Å². The molecule has 0 aliphatic rings. The van der Waals surface area contributed by atoms with E-state index in [1.54, 1.807) is 6.92 Å². The van der Waals surface area contributed by atoms with E-state index in [2.05, 4.69) is 11.8 Å². The van der Waals surface area contributed by atoms with Gasteiger partial charge in [0, 0.05) is 0 Å². The third-order valence-corrected chi connectivity index (χ3v) is 1.68. The maximum atomic E-state index is 12.9. The lowest BCUT2D eigenvalue weighted by atomic mass is 10.1. The Morgan fingerprint density at radius 3 is 2.77 bits per heavy atom. The molecule has 0 atom stereocenters. The second kappa shape index (κ2) is 3.92. The quantitative estimate of drug-likeness (QED) is 0.460. The van der Waals surface area contributed by atoms with Gasteiger partial charge >= 0.3 is 0 Å². The highest BCUT2D eigenvalue weighted by atomic mass is 19.1. The van der Waals surface area contributed by atoms with Crippen molar-refractivity contribution in [2.75, 3.05) is 12.3 Å². The normalized spacial score (nSPS) is 9.15. The standard InChI is InChI=1S/C10H11FN2/c1-7-5-9(11)6-8(10(7)13)3-2-4-12/h5-6H,4,12-13H2,1H3. The van der Waals surface area contributed by atoms with Gasteiger partial charge in [0.05, 0.1) is 17.8 Å². The molecule has 0 aromatic heterocycles. The molecule has 0 heterocycles. The summed E-state index contributed by atoms with van der Waals surface area (Å²) >= 11 is 0. The minimum absolute atomic E-state index is 0.245. The highest BCUT2D eigenvalue weighted by molar-refractivity contribution is 5.60. The molecule has 2 nitrogen and oxygen atoms in total. The summed E-state index contributed by atoms with van der Waals surface area (Å²) in [5.74, 6) is 5.02. The fraction of sp³-hybridized carbons (Fsp3) is 0.200. The maximum absolute atomic E-state index is 12.9. The highest BCUT2D eigenvalue weighted by Gasteiger charge is 2.02. The molecular weight excluding hydrogens is 167 g/mol. The van der Waals surface area contributed by atoms with Crippen molar-refractivity contribution in [2.45, 2.75) is 6.92 Å². The van der Waals surface area contributed by atoms with Crippen LogP contribution in [0.5, 0.6) is 0 Å². The van der Waals surface area contributed by atoms with Crippen LogP contribution in [-0.2, 0) is 0 Å². The monoisotopic (exact) mass is 178 g/mol. The summed E-state index contributed by atoms with van der Waals surface area (Å²) in [4.78, 5) is 0. The average Bonchev–Trinajstić information content (AvgIpc) is 2.09. The number of halogens is 1. The van der Waals surface area contributed by atoms with Gasteiger partial charge in [-0.2, -0.15) is 0 Å². The zero-order valence-electron chi connectivity index (χ0n) is 7.39. The molecule has 1 aromatic carbocycles. The first-order chi connectivity index (χ1) is 6.15. The van der Waals surface area contributed by atoms with Crippen LogP contribution in [-0.4, -0.2) is 6.54 Å². The fourth-order valence-electron chi connectivity index (χ4n) is 1.00. The largest absolute Gasteiger partial charge is 0.397 e. The molecule has 1 aromatic rings. The molecular formula is C10H11FN2. The number of benzene rings is 1. The number of hydrogen-bond acceptors (Lipinski definition) is 2. The van der Waals surface area contributed by atoms with Gasteiger partial charge in [0.15, 0.2) is 0 Å². The van der Waals surface area contributed by atoms with Crippen molar-refractivity contribution in [3.05, 3.63) is 29.1 Å². The van der Waals surface area contributed by atoms with E-state index in [9.17, 15) is 4.39 Å². The fourth-order valence-corrected chi connectivity index (χ4v) is 1.00. The number of nitrogens with two attached hydrogens (primary N) is 2. The molecule has 0 bridgehead atoms. The molecule has 0 aliphatic carbocycles. The molecule has 0 saturated heterocycles. The first kappa shape index (κ1) is 9.56. The summed E-state index contributed by atoms with van der Waals surface area (Å²) in [5, 5.41) is 0. The Bertz CT molecular complexity index is 374. The van der Waals surface area contributed by atoms with Gasteiger partial charge in [0.2, 0.25) is 0 Å². The minimum Gasteiger partial charge on any atom is -0.397 e. The lowest BCUT2D eigenvalue weighted by Gasteiger charge is -2.02. The van der Waals surface area contributed by atoms with Crippen molar-refractivity contribution in [2.24, 2.45) is 5.73 Å². The Kier molecular flexibility index (Phi) is 2.88. The maximum Gasteiger partial charge on any atom is 0.124 e. The van der Waals surface area contributed by atoms with E-state index < -0.39 is 0 Å². The molecule has 0 spiro atoms. The van der Waals surface area contributed by atoms with Crippen LogP contribution in [0.2, 0.25) is 0 Å². The van der Waals surface area contributed by atoms with E-state index in [0.717, 1.165) is 0 Å². The van der Waals surface area contributed by atoms with Crippen LogP contribution in [0, 0.1) is 24.6 Å². The van der Waals surface area contributed by atoms with E-state index in [-0.39, 0.29) is 12.4 Å². The van der Waals surface area contributed by atoms with Gasteiger partial charge in [-0.05, 0) is 24.6 Å². The molecule has 0 fully saturated rings. The topological polar surface area (TPSA) is 52.0 Å². The van der Waals surface area contributed by atoms with E-state index in [4.69, 9.17) is 11.5 Å². The number of rotatable bonds is 0. The van der Waals surface area contributed by atoms with Crippen molar-refractivity contribution < 1.29 is 4.39 Å². The molecule has 3 heteroatoms. The molecule has 0 aliphatic heterocycles. The second-order valence-corrected chi connectivity index (χ2v) is 2.69. The molecule has 4 N–H and O–H groups in total. The zero-order chi connectivity index (χ0) is 9.84. The molecule has 0 saturated carbocycles. The van der Waals surface area contributed by atoms with Crippen LogP contribution >= 0.6 is 0 Å². The molecule has 0 amide bonds. The van der Waals surface area contributed by atoms with Crippen molar-refractivity contribution in [1.82, 2.24) is 0 Å². The Hall–Kier alpha value is -1.53. The van der Waals surface area contributed by atoms with Gasteiger partial charge in [-0.15, -0.1) is 0 Å². The minimum atomic E-state index is -0.326. The summed E-state index contributed by atoms with van der Waals surface area (Å²) in [6.07, 6.45) is 0. The van der Waals surface area contributed by atoms with Crippen LogP contribution in [0.1, 0.15) is 11.1 Å². The Balaban J connectivity index is 3.20. The van der Waals surface area contributed by atoms with Gasteiger partial charge in [-0.3, -0.25) is 0 Å². The van der Waals surface area contributed by atoms with Crippen molar-refractivity contribution in [1.29, 1.82) is 0 Å². The second-order valence-electron chi connectivity index (χ2n) is 2.69. The summed E-state index contributed by atoms with van der Waals surface area (Å²) in [7, 11) is 0. The van der Waals surface area contributed by atoms with Crippen molar-refractivity contribution >= 4 is 5.69 Å². The summed E-state index contributed by atoms with van der Waals surface area (Å²) < 4.78 is 12.9. The predicted molar refractivity (Wildman–Crippen MR) is 51.5 cm³/mol. The summed E-state index contributed by atoms with van der Waals surface area (Å²) in [6.45, 7) is 1.99. The number of aryl methyl sites for hydroxylation is 1. The summed E-state index contributed by atoms with van der Waals surface area (Å²) in [6, 6.07) is 2.69. The third kappa shape index (κ3) is 2.20. The summed E-state index contributed by atoms with van der Waals surface area (Å²) in [5.41, 5.74) is 12.6. The van der Waals surface area contributed by atoms with Crippen LogP contribution in [0.25, 0.3) is 0 Å². The molecule has 0 radical (unpaired) electrons. The number of anilines is 1.